The van der Waals surface area contributed by atoms with Crippen molar-refractivity contribution < 1.29 is 9.59 Å². The molecule has 1 aromatic heterocycles. The number of urea groups is 1. The summed E-state index contributed by atoms with van der Waals surface area (Å²) in [4.78, 5) is 27.8. The first-order valence-electron chi connectivity index (χ1n) is 12.5. The Morgan fingerprint density at radius 1 is 0.865 bits per heavy atom. The number of anilines is 2. The van der Waals surface area contributed by atoms with Gasteiger partial charge in [0.15, 0.2) is 0 Å². The Morgan fingerprint density at radius 3 is 2.30 bits per heavy atom. The third-order valence-electron chi connectivity index (χ3n) is 6.13. The third kappa shape index (κ3) is 6.25. The molecule has 0 saturated heterocycles. The Balaban J connectivity index is 1.58. The number of hydrogen-bond donors (Lipinski definition) is 2. The summed E-state index contributed by atoms with van der Waals surface area (Å²) < 4.78 is 1.76. The smallest absolute Gasteiger partial charge is 0.315 e. The molecule has 4 rings (SSSR count). The molecule has 190 valence electrons. The van der Waals surface area contributed by atoms with Crippen molar-refractivity contribution in [1.29, 1.82) is 0 Å². The molecule has 2 N–H and O–H groups in total. The van der Waals surface area contributed by atoms with Gasteiger partial charge in [-0.25, -0.2) is 9.48 Å². The summed E-state index contributed by atoms with van der Waals surface area (Å²) in [5, 5.41) is 10.7. The SMILES string of the molecule is CCCN(CC(=O)Nc1cc(-c2ccccc2)nn1-c1ccc(C)cc1C)C(=O)Nc1ccccc1C. The number of para-hydroxylation sites is 1. The predicted molar refractivity (Wildman–Crippen MR) is 149 cm³/mol. The average molecular weight is 496 g/mol. The van der Waals surface area contributed by atoms with Gasteiger partial charge in [0.1, 0.15) is 12.4 Å². The highest BCUT2D eigenvalue weighted by Crippen LogP contribution is 2.26. The molecule has 0 saturated carbocycles. The van der Waals surface area contributed by atoms with Gasteiger partial charge in [-0.15, -0.1) is 0 Å². The lowest BCUT2D eigenvalue weighted by Gasteiger charge is -2.22. The van der Waals surface area contributed by atoms with Crippen molar-refractivity contribution in [3.05, 3.63) is 95.6 Å². The zero-order valence-electron chi connectivity index (χ0n) is 21.8. The molecule has 37 heavy (non-hydrogen) atoms. The van der Waals surface area contributed by atoms with Gasteiger partial charge in [0.2, 0.25) is 5.91 Å². The zero-order chi connectivity index (χ0) is 26.4. The van der Waals surface area contributed by atoms with Crippen LogP contribution in [0.1, 0.15) is 30.0 Å². The molecule has 7 heteroatoms. The van der Waals surface area contributed by atoms with Gasteiger partial charge in [-0.3, -0.25) is 4.79 Å². The molecule has 0 aliphatic carbocycles. The third-order valence-corrected chi connectivity index (χ3v) is 6.13. The summed E-state index contributed by atoms with van der Waals surface area (Å²) in [5.74, 6) is 0.255. The maximum Gasteiger partial charge on any atom is 0.322 e. The van der Waals surface area contributed by atoms with Crippen LogP contribution in [0.25, 0.3) is 16.9 Å². The Labute approximate surface area is 218 Å². The minimum absolute atomic E-state index is 0.0791. The maximum atomic E-state index is 13.2. The number of aryl methyl sites for hydroxylation is 3. The average Bonchev–Trinajstić information content (AvgIpc) is 3.29. The maximum absolute atomic E-state index is 13.2. The van der Waals surface area contributed by atoms with Crippen LogP contribution in [0.4, 0.5) is 16.3 Å². The predicted octanol–water partition coefficient (Wildman–Crippen LogP) is 6.35. The summed E-state index contributed by atoms with van der Waals surface area (Å²) in [6.07, 6.45) is 0.729. The van der Waals surface area contributed by atoms with E-state index in [0.29, 0.717) is 12.4 Å². The monoisotopic (exact) mass is 495 g/mol. The first kappa shape index (κ1) is 25.7. The number of nitrogens with zero attached hydrogens (tertiary/aromatic N) is 3. The molecule has 4 aromatic rings. The highest BCUT2D eigenvalue weighted by Gasteiger charge is 2.20. The number of nitrogens with one attached hydrogen (secondary N) is 2. The van der Waals surface area contributed by atoms with E-state index in [4.69, 9.17) is 5.10 Å². The molecule has 3 amide bonds. The van der Waals surface area contributed by atoms with Crippen LogP contribution in [0.15, 0.2) is 78.9 Å². The standard InChI is InChI=1S/C30H33N5O2/c1-5-17-34(30(37)31-25-14-10-9-11-22(25)3)20-29(36)32-28-19-26(24-12-7-6-8-13-24)33-35(28)27-16-15-21(2)18-23(27)4/h6-16,18-19H,5,17,20H2,1-4H3,(H,31,37)(H,32,36). The van der Waals surface area contributed by atoms with Crippen LogP contribution < -0.4 is 10.6 Å². The highest BCUT2D eigenvalue weighted by molar-refractivity contribution is 5.97. The van der Waals surface area contributed by atoms with Crippen molar-refractivity contribution in [2.24, 2.45) is 0 Å². The quantitative estimate of drug-likeness (QED) is 0.299. The lowest BCUT2D eigenvalue weighted by Crippen LogP contribution is -2.41. The van der Waals surface area contributed by atoms with Gasteiger partial charge in [-0.2, -0.15) is 5.10 Å². The van der Waals surface area contributed by atoms with Gasteiger partial charge < -0.3 is 15.5 Å². The fourth-order valence-corrected chi connectivity index (χ4v) is 4.23. The van der Waals surface area contributed by atoms with Crippen LogP contribution in [0.5, 0.6) is 0 Å². The lowest BCUT2D eigenvalue weighted by atomic mass is 10.1. The summed E-state index contributed by atoms with van der Waals surface area (Å²) in [5.41, 5.74) is 6.47. The normalized spacial score (nSPS) is 10.7. The molecular formula is C30H33N5O2. The molecule has 1 heterocycles. The molecule has 0 fully saturated rings. The second-order valence-corrected chi connectivity index (χ2v) is 9.20. The van der Waals surface area contributed by atoms with Crippen molar-refractivity contribution >= 4 is 23.4 Å². The molecular weight excluding hydrogens is 462 g/mol. The Kier molecular flexibility index (Phi) is 8.03. The topological polar surface area (TPSA) is 79.3 Å². The van der Waals surface area contributed by atoms with E-state index in [0.717, 1.165) is 45.7 Å². The van der Waals surface area contributed by atoms with Crippen molar-refractivity contribution in [3.8, 4) is 16.9 Å². The van der Waals surface area contributed by atoms with E-state index in [1.807, 2.05) is 100 Å². The molecule has 7 nitrogen and oxygen atoms in total. The van der Waals surface area contributed by atoms with Crippen LogP contribution in [-0.4, -0.2) is 39.7 Å². The summed E-state index contributed by atoms with van der Waals surface area (Å²) in [6, 6.07) is 25.1. The summed E-state index contributed by atoms with van der Waals surface area (Å²) in [7, 11) is 0. The molecule has 0 bridgehead atoms. The number of aromatic nitrogens is 2. The molecule has 0 aliphatic rings. The molecule has 0 radical (unpaired) electrons. The first-order valence-corrected chi connectivity index (χ1v) is 12.5. The largest absolute Gasteiger partial charge is 0.322 e. The van der Waals surface area contributed by atoms with Gasteiger partial charge in [0, 0.05) is 23.9 Å². The van der Waals surface area contributed by atoms with E-state index in [9.17, 15) is 9.59 Å². The van der Waals surface area contributed by atoms with E-state index in [1.165, 1.54) is 4.90 Å². The van der Waals surface area contributed by atoms with Crippen molar-refractivity contribution in [2.75, 3.05) is 23.7 Å². The van der Waals surface area contributed by atoms with E-state index in [1.54, 1.807) is 4.68 Å². The van der Waals surface area contributed by atoms with Crippen LogP contribution in [0, 0.1) is 20.8 Å². The molecule has 3 aromatic carbocycles. The van der Waals surface area contributed by atoms with Gasteiger partial charge in [-0.05, 0) is 50.5 Å². The molecule has 0 atom stereocenters. The van der Waals surface area contributed by atoms with Crippen LogP contribution in [0.2, 0.25) is 0 Å². The van der Waals surface area contributed by atoms with Crippen molar-refractivity contribution in [2.45, 2.75) is 34.1 Å². The number of carbonyl (C=O) groups is 2. The summed E-state index contributed by atoms with van der Waals surface area (Å²) >= 11 is 0. The Hall–Kier alpha value is -4.39. The second-order valence-electron chi connectivity index (χ2n) is 9.20. The van der Waals surface area contributed by atoms with Crippen molar-refractivity contribution in [1.82, 2.24) is 14.7 Å². The Morgan fingerprint density at radius 2 is 1.59 bits per heavy atom. The number of rotatable bonds is 8. The van der Waals surface area contributed by atoms with Gasteiger partial charge in [0.05, 0.1) is 11.4 Å². The number of amides is 3. The fraction of sp³-hybridized carbons (Fsp3) is 0.233. The lowest BCUT2D eigenvalue weighted by molar-refractivity contribution is -0.116. The molecule has 0 unspecified atom stereocenters. The van der Waals surface area contributed by atoms with Crippen LogP contribution in [-0.2, 0) is 4.79 Å². The van der Waals surface area contributed by atoms with Gasteiger partial charge in [0.25, 0.3) is 0 Å². The second kappa shape index (κ2) is 11.6. The zero-order valence-corrected chi connectivity index (χ0v) is 21.8. The first-order chi connectivity index (χ1) is 17.9. The van der Waals surface area contributed by atoms with Crippen molar-refractivity contribution in [3.63, 3.8) is 0 Å². The van der Waals surface area contributed by atoms with Crippen LogP contribution in [0.3, 0.4) is 0 Å². The molecule has 0 aliphatic heterocycles. The number of benzene rings is 3. The molecule has 0 spiro atoms. The highest BCUT2D eigenvalue weighted by atomic mass is 16.2. The summed E-state index contributed by atoms with van der Waals surface area (Å²) in [6.45, 7) is 8.36. The van der Waals surface area contributed by atoms with E-state index in [-0.39, 0.29) is 18.5 Å². The Bertz CT molecular complexity index is 1390. The van der Waals surface area contributed by atoms with Crippen LogP contribution >= 0.6 is 0 Å². The van der Waals surface area contributed by atoms with E-state index >= 15 is 0 Å². The van der Waals surface area contributed by atoms with E-state index < -0.39 is 0 Å². The number of carbonyl (C=O) groups excluding carboxylic acids is 2. The number of hydrogen-bond acceptors (Lipinski definition) is 3. The fourth-order valence-electron chi connectivity index (χ4n) is 4.23. The minimum Gasteiger partial charge on any atom is -0.315 e. The van der Waals surface area contributed by atoms with Gasteiger partial charge >= 0.3 is 6.03 Å². The van der Waals surface area contributed by atoms with E-state index in [2.05, 4.69) is 16.7 Å². The minimum atomic E-state index is -0.306. The van der Waals surface area contributed by atoms with Gasteiger partial charge in [-0.1, -0.05) is 73.2 Å².